The molecule has 1 amide bonds. The summed E-state index contributed by atoms with van der Waals surface area (Å²) in [5.41, 5.74) is 7.39. The van der Waals surface area contributed by atoms with Gasteiger partial charge in [0.2, 0.25) is 0 Å². The average molecular weight is 404 g/mol. The van der Waals surface area contributed by atoms with Crippen molar-refractivity contribution in [3.05, 3.63) is 55.9 Å². The molecule has 0 heterocycles. The summed E-state index contributed by atoms with van der Waals surface area (Å²) < 4.78 is 1.44. The molecular formula is C13H9Br2ClN2O. The highest BCUT2D eigenvalue weighted by atomic mass is 79.9. The molecule has 98 valence electrons. The number of nitrogens with two attached hydrogens (primary N) is 1. The van der Waals surface area contributed by atoms with Crippen LogP contribution in [0.15, 0.2) is 45.3 Å². The Bertz CT molecular complexity index is 647. The predicted octanol–water partition coefficient (Wildman–Crippen LogP) is 4.70. The van der Waals surface area contributed by atoms with Crippen LogP contribution in [0.2, 0.25) is 5.02 Å². The standard InChI is InChI=1S/C13H9Br2ClN2O/c14-9-3-2-8(17)6-12(9)18-13(19)7-1-4-11(16)10(15)5-7/h1-6H,17H2,(H,18,19). The Morgan fingerprint density at radius 2 is 1.84 bits per heavy atom. The number of hydrogen-bond donors (Lipinski definition) is 2. The van der Waals surface area contributed by atoms with Crippen LogP contribution in [0.25, 0.3) is 0 Å². The molecule has 0 saturated heterocycles. The van der Waals surface area contributed by atoms with Gasteiger partial charge >= 0.3 is 0 Å². The molecule has 0 fully saturated rings. The zero-order valence-electron chi connectivity index (χ0n) is 9.58. The molecule has 0 spiro atoms. The highest BCUT2D eigenvalue weighted by Gasteiger charge is 2.10. The second kappa shape index (κ2) is 5.94. The average Bonchev–Trinajstić information content (AvgIpc) is 2.37. The molecule has 2 aromatic carbocycles. The minimum atomic E-state index is -0.233. The van der Waals surface area contributed by atoms with Crippen molar-refractivity contribution in [1.82, 2.24) is 0 Å². The lowest BCUT2D eigenvalue weighted by atomic mass is 10.2. The number of nitrogens with one attached hydrogen (secondary N) is 1. The molecule has 2 aromatic rings. The topological polar surface area (TPSA) is 55.1 Å². The van der Waals surface area contributed by atoms with E-state index in [1.807, 2.05) is 0 Å². The molecular weight excluding hydrogens is 395 g/mol. The molecule has 0 saturated carbocycles. The molecule has 0 atom stereocenters. The molecule has 19 heavy (non-hydrogen) atoms. The minimum Gasteiger partial charge on any atom is -0.399 e. The second-order valence-corrected chi connectivity index (χ2v) is 5.94. The SMILES string of the molecule is Nc1ccc(Br)c(NC(=O)c2ccc(Cl)c(Br)c2)c1. The number of rotatable bonds is 2. The van der Waals surface area contributed by atoms with E-state index in [0.29, 0.717) is 26.4 Å². The van der Waals surface area contributed by atoms with Crippen molar-refractivity contribution < 1.29 is 4.79 Å². The highest BCUT2D eigenvalue weighted by Crippen LogP contribution is 2.27. The maximum absolute atomic E-state index is 12.1. The van der Waals surface area contributed by atoms with Crippen LogP contribution in [0.3, 0.4) is 0 Å². The van der Waals surface area contributed by atoms with E-state index in [1.165, 1.54) is 0 Å². The lowest BCUT2D eigenvalue weighted by molar-refractivity contribution is 0.102. The maximum Gasteiger partial charge on any atom is 0.255 e. The van der Waals surface area contributed by atoms with E-state index in [0.717, 1.165) is 4.47 Å². The van der Waals surface area contributed by atoms with Crippen LogP contribution in [-0.4, -0.2) is 5.91 Å². The molecule has 6 heteroatoms. The fraction of sp³-hybridized carbons (Fsp3) is 0. The van der Waals surface area contributed by atoms with E-state index in [9.17, 15) is 4.79 Å². The predicted molar refractivity (Wildman–Crippen MR) is 85.7 cm³/mol. The van der Waals surface area contributed by atoms with Gasteiger partial charge < -0.3 is 11.1 Å². The fourth-order valence-electron chi connectivity index (χ4n) is 1.47. The monoisotopic (exact) mass is 402 g/mol. The summed E-state index contributed by atoms with van der Waals surface area (Å²) in [6, 6.07) is 10.2. The summed E-state index contributed by atoms with van der Waals surface area (Å²) in [6.07, 6.45) is 0. The van der Waals surface area contributed by atoms with Gasteiger partial charge in [-0.15, -0.1) is 0 Å². The Balaban J connectivity index is 2.25. The summed E-state index contributed by atoms with van der Waals surface area (Å²) in [4.78, 5) is 12.1. The maximum atomic E-state index is 12.1. The Labute approximate surface area is 132 Å². The van der Waals surface area contributed by atoms with Crippen LogP contribution in [0, 0.1) is 0 Å². The van der Waals surface area contributed by atoms with Crippen LogP contribution < -0.4 is 11.1 Å². The van der Waals surface area contributed by atoms with Gasteiger partial charge in [-0.25, -0.2) is 0 Å². The largest absolute Gasteiger partial charge is 0.399 e. The van der Waals surface area contributed by atoms with Gasteiger partial charge in [-0.2, -0.15) is 0 Å². The third kappa shape index (κ3) is 3.49. The molecule has 0 aromatic heterocycles. The van der Waals surface area contributed by atoms with Crippen molar-refractivity contribution >= 4 is 60.7 Å². The Hall–Kier alpha value is -1.04. The van der Waals surface area contributed by atoms with Crippen molar-refractivity contribution in [1.29, 1.82) is 0 Å². The van der Waals surface area contributed by atoms with E-state index < -0.39 is 0 Å². The van der Waals surface area contributed by atoms with Crippen LogP contribution in [0.5, 0.6) is 0 Å². The lowest BCUT2D eigenvalue weighted by Crippen LogP contribution is -2.12. The van der Waals surface area contributed by atoms with Crippen molar-refractivity contribution in [3.8, 4) is 0 Å². The van der Waals surface area contributed by atoms with Gasteiger partial charge in [-0.05, 0) is 68.3 Å². The van der Waals surface area contributed by atoms with E-state index in [4.69, 9.17) is 17.3 Å². The van der Waals surface area contributed by atoms with Gasteiger partial charge in [-0.3, -0.25) is 4.79 Å². The number of nitrogen functional groups attached to an aromatic ring is 1. The summed E-state index contributed by atoms with van der Waals surface area (Å²) in [7, 11) is 0. The molecule has 0 aliphatic carbocycles. The van der Waals surface area contributed by atoms with Crippen LogP contribution in [0.1, 0.15) is 10.4 Å². The fourth-order valence-corrected chi connectivity index (χ4v) is 2.31. The first-order valence-electron chi connectivity index (χ1n) is 5.29. The van der Waals surface area contributed by atoms with Crippen molar-refractivity contribution in [3.63, 3.8) is 0 Å². The molecule has 0 radical (unpaired) electrons. The zero-order chi connectivity index (χ0) is 14.0. The van der Waals surface area contributed by atoms with Crippen molar-refractivity contribution in [2.75, 3.05) is 11.1 Å². The first kappa shape index (κ1) is 14.4. The number of carbonyl (C=O) groups excluding carboxylic acids is 1. The van der Waals surface area contributed by atoms with Gasteiger partial charge in [0, 0.05) is 20.2 Å². The molecule has 2 rings (SSSR count). The third-order valence-electron chi connectivity index (χ3n) is 2.42. The van der Waals surface area contributed by atoms with E-state index in [1.54, 1.807) is 36.4 Å². The molecule has 0 aliphatic rings. The van der Waals surface area contributed by atoms with Crippen LogP contribution >= 0.6 is 43.5 Å². The normalized spacial score (nSPS) is 10.3. The Morgan fingerprint density at radius 1 is 1.11 bits per heavy atom. The summed E-state index contributed by atoms with van der Waals surface area (Å²) in [5, 5.41) is 3.34. The number of hydrogen-bond acceptors (Lipinski definition) is 2. The summed E-state index contributed by atoms with van der Waals surface area (Å²) in [5.74, 6) is -0.233. The van der Waals surface area contributed by atoms with Gasteiger partial charge in [0.25, 0.3) is 5.91 Å². The molecule has 3 N–H and O–H groups in total. The first-order valence-corrected chi connectivity index (χ1v) is 7.25. The highest BCUT2D eigenvalue weighted by molar-refractivity contribution is 9.11. The van der Waals surface area contributed by atoms with E-state index >= 15 is 0 Å². The van der Waals surface area contributed by atoms with E-state index in [-0.39, 0.29) is 5.91 Å². The quantitative estimate of drug-likeness (QED) is 0.713. The number of amides is 1. The van der Waals surface area contributed by atoms with E-state index in [2.05, 4.69) is 37.2 Å². The van der Waals surface area contributed by atoms with Gasteiger partial charge in [0.15, 0.2) is 0 Å². The summed E-state index contributed by atoms with van der Waals surface area (Å²) in [6.45, 7) is 0. The first-order chi connectivity index (χ1) is 8.97. The van der Waals surface area contributed by atoms with Crippen LogP contribution in [0.4, 0.5) is 11.4 Å². The zero-order valence-corrected chi connectivity index (χ0v) is 13.5. The van der Waals surface area contributed by atoms with Gasteiger partial charge in [-0.1, -0.05) is 11.6 Å². The number of halogens is 3. The van der Waals surface area contributed by atoms with Crippen LogP contribution in [-0.2, 0) is 0 Å². The Morgan fingerprint density at radius 3 is 2.53 bits per heavy atom. The number of carbonyl (C=O) groups is 1. The van der Waals surface area contributed by atoms with Crippen molar-refractivity contribution in [2.24, 2.45) is 0 Å². The number of benzene rings is 2. The minimum absolute atomic E-state index is 0.233. The van der Waals surface area contributed by atoms with Crippen molar-refractivity contribution in [2.45, 2.75) is 0 Å². The molecule has 3 nitrogen and oxygen atoms in total. The third-order valence-corrected chi connectivity index (χ3v) is 4.33. The Kier molecular flexibility index (Phi) is 4.50. The number of anilines is 2. The lowest BCUT2D eigenvalue weighted by Gasteiger charge is -2.09. The van der Waals surface area contributed by atoms with Gasteiger partial charge in [0.05, 0.1) is 10.7 Å². The second-order valence-electron chi connectivity index (χ2n) is 3.82. The summed E-state index contributed by atoms with van der Waals surface area (Å²) >= 11 is 12.5. The molecule has 0 bridgehead atoms. The smallest absolute Gasteiger partial charge is 0.255 e. The molecule has 0 unspecified atom stereocenters. The molecule has 0 aliphatic heterocycles. The van der Waals surface area contributed by atoms with Gasteiger partial charge in [0.1, 0.15) is 0 Å².